The van der Waals surface area contributed by atoms with Gasteiger partial charge in [-0.15, -0.1) is 0 Å². The summed E-state index contributed by atoms with van der Waals surface area (Å²) in [7, 11) is 0. The van der Waals surface area contributed by atoms with Crippen LogP contribution in [0.3, 0.4) is 0 Å². The molecule has 138 valence electrons. The Morgan fingerprint density at radius 3 is 2.35 bits per heavy atom. The van der Waals surface area contributed by atoms with Gasteiger partial charge in [0.15, 0.2) is 6.61 Å². The lowest BCUT2D eigenvalue weighted by molar-refractivity contribution is -0.138. The first kappa shape index (κ1) is 20.0. The molecule has 0 aliphatic carbocycles. The van der Waals surface area contributed by atoms with E-state index >= 15 is 0 Å². The van der Waals surface area contributed by atoms with Gasteiger partial charge in [-0.05, 0) is 36.8 Å². The number of amides is 1. The smallest absolute Gasteiger partial charge is 0.417 e. The highest BCUT2D eigenvalue weighted by Crippen LogP contribution is 2.32. The van der Waals surface area contributed by atoms with Crippen LogP contribution in [0.15, 0.2) is 53.0 Å². The maximum atomic E-state index is 12.9. The van der Waals surface area contributed by atoms with Gasteiger partial charge in [0.05, 0.1) is 17.2 Å². The second kappa shape index (κ2) is 8.35. The minimum Gasteiger partial charge on any atom is -0.452 e. The molecule has 1 unspecified atom stereocenters. The molecule has 0 saturated carbocycles. The van der Waals surface area contributed by atoms with Gasteiger partial charge in [0.2, 0.25) is 0 Å². The number of hydrogen-bond acceptors (Lipinski definition) is 3. The van der Waals surface area contributed by atoms with E-state index in [9.17, 15) is 22.8 Å². The number of hydrogen-bond donors (Lipinski definition) is 1. The Balaban J connectivity index is 1.95. The van der Waals surface area contributed by atoms with Gasteiger partial charge < -0.3 is 10.1 Å². The average molecular weight is 430 g/mol. The van der Waals surface area contributed by atoms with Gasteiger partial charge in [-0.3, -0.25) is 4.79 Å². The molecule has 0 heterocycles. The van der Waals surface area contributed by atoms with Crippen LogP contribution < -0.4 is 5.32 Å². The van der Waals surface area contributed by atoms with Crippen molar-refractivity contribution in [3.05, 3.63) is 69.7 Å². The van der Waals surface area contributed by atoms with Crippen LogP contribution in [0.4, 0.5) is 13.2 Å². The van der Waals surface area contributed by atoms with Gasteiger partial charge in [-0.1, -0.05) is 40.2 Å². The maximum absolute atomic E-state index is 12.9. The monoisotopic (exact) mass is 429 g/mol. The Bertz CT molecular complexity index is 791. The summed E-state index contributed by atoms with van der Waals surface area (Å²) in [6, 6.07) is 11.1. The van der Waals surface area contributed by atoms with E-state index in [0.717, 1.165) is 22.2 Å². The van der Waals surface area contributed by atoms with E-state index in [0.29, 0.717) is 0 Å². The summed E-state index contributed by atoms with van der Waals surface area (Å²) in [5.41, 5.74) is -0.905. The van der Waals surface area contributed by atoms with Crippen molar-refractivity contribution < 1.29 is 27.5 Å². The molecule has 2 aromatic carbocycles. The third-order valence-corrected chi connectivity index (χ3v) is 4.06. The zero-order valence-electron chi connectivity index (χ0n) is 13.6. The van der Waals surface area contributed by atoms with E-state index in [1.54, 1.807) is 19.1 Å². The molecule has 0 aliphatic rings. The Labute approximate surface area is 156 Å². The highest BCUT2D eigenvalue weighted by atomic mass is 79.9. The Kier molecular flexibility index (Phi) is 6.42. The molecule has 0 aliphatic heterocycles. The fourth-order valence-electron chi connectivity index (χ4n) is 2.24. The highest BCUT2D eigenvalue weighted by Gasteiger charge is 2.35. The number of carbonyl (C=O) groups is 2. The summed E-state index contributed by atoms with van der Waals surface area (Å²) in [6.07, 6.45) is -4.69. The summed E-state index contributed by atoms with van der Waals surface area (Å²) in [6.45, 7) is 1.06. The molecule has 0 saturated heterocycles. The highest BCUT2D eigenvalue weighted by molar-refractivity contribution is 9.10. The molecule has 0 spiro atoms. The molecule has 4 nitrogen and oxygen atoms in total. The predicted molar refractivity (Wildman–Crippen MR) is 92.4 cm³/mol. The Hall–Kier alpha value is -2.35. The van der Waals surface area contributed by atoms with Gasteiger partial charge in [-0.25, -0.2) is 4.79 Å². The minimum atomic E-state index is -4.69. The second-order valence-corrected chi connectivity index (χ2v) is 6.38. The first-order valence-electron chi connectivity index (χ1n) is 7.56. The van der Waals surface area contributed by atoms with Crippen LogP contribution in [0.5, 0.6) is 0 Å². The van der Waals surface area contributed by atoms with Crippen LogP contribution in [-0.4, -0.2) is 18.5 Å². The van der Waals surface area contributed by atoms with Crippen LogP contribution in [0.1, 0.15) is 34.5 Å². The van der Waals surface area contributed by atoms with E-state index < -0.39 is 35.8 Å². The van der Waals surface area contributed by atoms with E-state index in [-0.39, 0.29) is 6.04 Å². The molecule has 0 fully saturated rings. The van der Waals surface area contributed by atoms with Gasteiger partial charge in [-0.2, -0.15) is 13.2 Å². The van der Waals surface area contributed by atoms with Gasteiger partial charge in [0.25, 0.3) is 5.91 Å². The summed E-state index contributed by atoms with van der Waals surface area (Å²) >= 11 is 3.30. The molecular weight excluding hydrogens is 415 g/mol. The standard InChI is InChI=1S/C18H15BrF3NO3/c1-11(12-6-8-13(19)9-7-12)23-16(24)10-26-17(25)14-4-2-3-5-15(14)18(20,21)22/h2-9,11H,10H2,1H3,(H,23,24). The van der Waals surface area contributed by atoms with Crippen molar-refractivity contribution >= 4 is 27.8 Å². The SMILES string of the molecule is CC(NC(=O)COC(=O)c1ccccc1C(F)(F)F)c1ccc(Br)cc1. The van der Waals surface area contributed by atoms with E-state index in [2.05, 4.69) is 21.2 Å². The zero-order valence-corrected chi connectivity index (χ0v) is 15.2. The molecule has 1 atom stereocenters. The summed E-state index contributed by atoms with van der Waals surface area (Å²) in [5, 5.41) is 2.61. The lowest BCUT2D eigenvalue weighted by Crippen LogP contribution is -2.31. The Morgan fingerprint density at radius 1 is 1.12 bits per heavy atom. The summed E-state index contributed by atoms with van der Waals surface area (Å²) in [5.74, 6) is -1.82. The molecule has 2 aromatic rings. The van der Waals surface area contributed by atoms with Crippen molar-refractivity contribution in [1.29, 1.82) is 0 Å². The van der Waals surface area contributed by atoms with Gasteiger partial charge >= 0.3 is 12.1 Å². The number of carbonyl (C=O) groups excluding carboxylic acids is 2. The fraction of sp³-hybridized carbons (Fsp3) is 0.222. The van der Waals surface area contributed by atoms with Gasteiger partial charge in [0.1, 0.15) is 0 Å². The normalized spacial score (nSPS) is 12.3. The number of ether oxygens (including phenoxy) is 1. The van der Waals surface area contributed by atoms with Crippen LogP contribution in [0.2, 0.25) is 0 Å². The quantitative estimate of drug-likeness (QED) is 0.711. The molecule has 0 bridgehead atoms. The number of benzene rings is 2. The number of esters is 1. The molecule has 1 amide bonds. The molecule has 0 radical (unpaired) electrons. The third kappa shape index (κ3) is 5.32. The zero-order chi connectivity index (χ0) is 19.3. The number of nitrogens with one attached hydrogen (secondary N) is 1. The van der Waals surface area contributed by atoms with Crippen molar-refractivity contribution in [2.75, 3.05) is 6.61 Å². The van der Waals surface area contributed by atoms with Crippen molar-refractivity contribution in [2.45, 2.75) is 19.1 Å². The molecule has 2 rings (SSSR count). The van der Waals surface area contributed by atoms with Crippen molar-refractivity contribution in [3.63, 3.8) is 0 Å². The molecule has 0 aromatic heterocycles. The second-order valence-electron chi connectivity index (χ2n) is 5.46. The van der Waals surface area contributed by atoms with Crippen LogP contribution in [0.25, 0.3) is 0 Å². The fourth-order valence-corrected chi connectivity index (χ4v) is 2.50. The van der Waals surface area contributed by atoms with Crippen LogP contribution >= 0.6 is 15.9 Å². The lowest BCUT2D eigenvalue weighted by atomic mass is 10.1. The predicted octanol–water partition coefficient (Wildman–Crippen LogP) is 4.50. The molecule has 1 N–H and O–H groups in total. The van der Waals surface area contributed by atoms with Crippen LogP contribution in [-0.2, 0) is 15.7 Å². The Morgan fingerprint density at radius 2 is 1.73 bits per heavy atom. The van der Waals surface area contributed by atoms with Crippen LogP contribution in [0, 0.1) is 0 Å². The van der Waals surface area contributed by atoms with Crippen molar-refractivity contribution in [1.82, 2.24) is 5.32 Å². The first-order valence-corrected chi connectivity index (χ1v) is 8.36. The van der Waals surface area contributed by atoms with Crippen molar-refractivity contribution in [2.24, 2.45) is 0 Å². The minimum absolute atomic E-state index is 0.350. The van der Waals surface area contributed by atoms with Gasteiger partial charge in [0, 0.05) is 4.47 Å². The summed E-state index contributed by atoms with van der Waals surface area (Å²) in [4.78, 5) is 23.8. The molecular formula is C18H15BrF3NO3. The maximum Gasteiger partial charge on any atom is 0.417 e. The van der Waals surface area contributed by atoms with E-state index in [1.165, 1.54) is 12.1 Å². The average Bonchev–Trinajstić information content (AvgIpc) is 2.59. The van der Waals surface area contributed by atoms with Crippen molar-refractivity contribution in [3.8, 4) is 0 Å². The number of alkyl halides is 3. The van der Waals surface area contributed by atoms with E-state index in [4.69, 9.17) is 4.74 Å². The largest absolute Gasteiger partial charge is 0.452 e. The molecule has 26 heavy (non-hydrogen) atoms. The number of rotatable bonds is 5. The number of halogens is 4. The van der Waals surface area contributed by atoms with E-state index in [1.807, 2.05) is 12.1 Å². The third-order valence-electron chi connectivity index (χ3n) is 3.53. The first-order chi connectivity index (χ1) is 12.2. The topological polar surface area (TPSA) is 55.4 Å². The summed E-state index contributed by atoms with van der Waals surface area (Å²) < 4.78 is 44.3. The lowest BCUT2D eigenvalue weighted by Gasteiger charge is -2.15. The molecule has 8 heteroatoms.